The summed E-state index contributed by atoms with van der Waals surface area (Å²) < 4.78 is 13.7. The lowest BCUT2D eigenvalue weighted by molar-refractivity contribution is 0.0951. The Labute approximate surface area is 184 Å². The number of carbonyl (C=O) groups excluding carboxylic acids is 1. The summed E-state index contributed by atoms with van der Waals surface area (Å²) in [6.07, 6.45) is 3.44. The van der Waals surface area contributed by atoms with Crippen molar-refractivity contribution < 1.29 is 14.3 Å². The van der Waals surface area contributed by atoms with E-state index in [0.717, 1.165) is 22.4 Å². The summed E-state index contributed by atoms with van der Waals surface area (Å²) in [7, 11) is 0. The van der Waals surface area contributed by atoms with Crippen LogP contribution in [-0.2, 0) is 6.54 Å². The molecule has 3 heterocycles. The number of nitrogens with one attached hydrogen (secondary N) is 1. The predicted octanol–water partition coefficient (Wildman–Crippen LogP) is 2.94. The van der Waals surface area contributed by atoms with Gasteiger partial charge in [-0.3, -0.25) is 9.59 Å². The van der Waals surface area contributed by atoms with Crippen LogP contribution in [0, 0.1) is 13.8 Å². The molecule has 8 nitrogen and oxygen atoms in total. The van der Waals surface area contributed by atoms with Crippen LogP contribution in [0.15, 0.2) is 59.7 Å². The second kappa shape index (κ2) is 7.88. The minimum Gasteiger partial charge on any atom is -0.454 e. The molecule has 1 N–H and O–H groups in total. The Balaban J connectivity index is 1.31. The molecule has 162 valence electrons. The van der Waals surface area contributed by atoms with E-state index in [0.29, 0.717) is 35.7 Å². The maximum Gasteiger partial charge on any atom is 0.276 e. The van der Waals surface area contributed by atoms with Crippen molar-refractivity contribution in [3.8, 4) is 22.8 Å². The normalized spacial score (nSPS) is 12.3. The highest BCUT2D eigenvalue weighted by molar-refractivity contribution is 5.94. The topological polar surface area (TPSA) is 86.9 Å². The van der Waals surface area contributed by atoms with E-state index in [9.17, 15) is 9.59 Å². The Bertz CT molecular complexity index is 1400. The van der Waals surface area contributed by atoms with E-state index in [4.69, 9.17) is 9.47 Å². The Kier molecular flexibility index (Phi) is 4.89. The van der Waals surface area contributed by atoms with Gasteiger partial charge in [-0.15, -0.1) is 0 Å². The number of hydrogen-bond acceptors (Lipinski definition) is 5. The van der Waals surface area contributed by atoms with Crippen LogP contribution in [-0.4, -0.2) is 33.4 Å². The summed E-state index contributed by atoms with van der Waals surface area (Å²) >= 11 is 0. The summed E-state index contributed by atoms with van der Waals surface area (Å²) in [5, 5.41) is 7.42. The molecule has 0 bridgehead atoms. The number of rotatable bonds is 5. The highest BCUT2D eigenvalue weighted by Gasteiger charge is 2.16. The quantitative estimate of drug-likeness (QED) is 0.526. The van der Waals surface area contributed by atoms with Crippen molar-refractivity contribution >= 4 is 11.4 Å². The molecule has 0 aliphatic carbocycles. The third-order valence-corrected chi connectivity index (χ3v) is 5.55. The molecule has 0 saturated carbocycles. The van der Waals surface area contributed by atoms with Crippen LogP contribution in [0.5, 0.6) is 11.5 Å². The Hall–Kier alpha value is -4.07. The van der Waals surface area contributed by atoms with Gasteiger partial charge >= 0.3 is 0 Å². The Morgan fingerprint density at radius 1 is 1.06 bits per heavy atom. The first-order valence-electron chi connectivity index (χ1n) is 10.3. The van der Waals surface area contributed by atoms with Crippen molar-refractivity contribution in [2.24, 2.45) is 0 Å². The number of benzene rings is 2. The van der Waals surface area contributed by atoms with Crippen LogP contribution < -0.4 is 20.3 Å². The van der Waals surface area contributed by atoms with Gasteiger partial charge in [-0.05, 0) is 49.7 Å². The maximum absolute atomic E-state index is 13.0. The van der Waals surface area contributed by atoms with E-state index >= 15 is 0 Å². The number of ether oxygens (including phenoxy) is 2. The van der Waals surface area contributed by atoms with Crippen molar-refractivity contribution in [3.63, 3.8) is 0 Å². The van der Waals surface area contributed by atoms with E-state index in [-0.39, 0.29) is 18.3 Å². The molecule has 2 aromatic carbocycles. The Morgan fingerprint density at radius 3 is 2.78 bits per heavy atom. The fourth-order valence-corrected chi connectivity index (χ4v) is 3.78. The molecule has 2 aromatic heterocycles. The van der Waals surface area contributed by atoms with Gasteiger partial charge < -0.3 is 19.4 Å². The van der Waals surface area contributed by atoms with Crippen LogP contribution in [0.2, 0.25) is 0 Å². The van der Waals surface area contributed by atoms with Gasteiger partial charge in [0.25, 0.3) is 11.5 Å². The molecular weight excluding hydrogens is 408 g/mol. The van der Waals surface area contributed by atoms with Gasteiger partial charge in [0.05, 0.1) is 5.69 Å². The number of aromatic nitrogens is 3. The first-order valence-corrected chi connectivity index (χ1v) is 10.3. The lowest BCUT2D eigenvalue weighted by atomic mass is 10.0. The van der Waals surface area contributed by atoms with Gasteiger partial charge in [-0.1, -0.05) is 17.7 Å². The van der Waals surface area contributed by atoms with Gasteiger partial charge in [0.15, 0.2) is 11.5 Å². The summed E-state index contributed by atoms with van der Waals surface area (Å²) in [6.45, 7) is 4.87. The Morgan fingerprint density at radius 2 is 1.91 bits per heavy atom. The molecule has 1 aliphatic rings. The fourth-order valence-electron chi connectivity index (χ4n) is 3.78. The van der Waals surface area contributed by atoms with Crippen LogP contribution in [0.25, 0.3) is 16.8 Å². The molecule has 1 aliphatic heterocycles. The highest BCUT2D eigenvalue weighted by Crippen LogP contribution is 2.32. The van der Waals surface area contributed by atoms with Gasteiger partial charge in [0.2, 0.25) is 6.79 Å². The number of amides is 1. The smallest absolute Gasteiger partial charge is 0.276 e. The summed E-state index contributed by atoms with van der Waals surface area (Å²) in [4.78, 5) is 25.4. The minimum absolute atomic E-state index is 0.158. The number of hydrogen-bond donors (Lipinski definition) is 1. The first kappa shape index (κ1) is 19.9. The van der Waals surface area contributed by atoms with E-state index in [1.54, 1.807) is 39.7 Å². The molecule has 4 aromatic rings. The highest BCUT2D eigenvalue weighted by atomic mass is 16.7. The molecule has 0 saturated heterocycles. The largest absolute Gasteiger partial charge is 0.454 e. The van der Waals surface area contributed by atoms with Gasteiger partial charge in [-0.2, -0.15) is 5.10 Å². The molecule has 0 atom stereocenters. The van der Waals surface area contributed by atoms with Crippen LogP contribution in [0.4, 0.5) is 0 Å². The molecule has 5 rings (SSSR count). The third kappa shape index (κ3) is 3.60. The molecule has 0 spiro atoms. The first-order chi connectivity index (χ1) is 15.5. The second-order valence-electron chi connectivity index (χ2n) is 7.80. The SMILES string of the molecule is Cc1ccc(C)c(-c2cc3c(=O)n(CCNC(=O)c4ccc5c(c4)OCO5)ccn3n2)c1. The van der Waals surface area contributed by atoms with Crippen molar-refractivity contribution in [2.75, 3.05) is 13.3 Å². The average molecular weight is 430 g/mol. The molecular formula is C24H22N4O4. The number of carbonyl (C=O) groups is 1. The average Bonchev–Trinajstić information content (AvgIpc) is 3.43. The predicted molar refractivity (Wildman–Crippen MR) is 119 cm³/mol. The van der Waals surface area contributed by atoms with Gasteiger partial charge in [-0.25, -0.2) is 4.52 Å². The molecule has 8 heteroatoms. The van der Waals surface area contributed by atoms with E-state index in [2.05, 4.69) is 28.6 Å². The maximum atomic E-state index is 13.0. The van der Waals surface area contributed by atoms with E-state index in [1.165, 1.54) is 0 Å². The molecule has 1 amide bonds. The van der Waals surface area contributed by atoms with Crippen LogP contribution in [0.1, 0.15) is 21.5 Å². The fraction of sp³-hybridized carbons (Fsp3) is 0.208. The van der Waals surface area contributed by atoms with E-state index in [1.807, 2.05) is 19.9 Å². The van der Waals surface area contributed by atoms with E-state index < -0.39 is 0 Å². The zero-order valence-electron chi connectivity index (χ0n) is 17.8. The summed E-state index contributed by atoms with van der Waals surface area (Å²) in [6, 6.07) is 13.0. The molecule has 0 radical (unpaired) electrons. The molecule has 0 fully saturated rings. The minimum atomic E-state index is -0.237. The van der Waals surface area contributed by atoms with Gasteiger partial charge in [0.1, 0.15) is 5.52 Å². The summed E-state index contributed by atoms with van der Waals surface area (Å²) in [5.74, 6) is 0.945. The van der Waals surface area contributed by atoms with Crippen molar-refractivity contribution in [2.45, 2.75) is 20.4 Å². The van der Waals surface area contributed by atoms with Crippen molar-refractivity contribution in [1.82, 2.24) is 19.5 Å². The number of nitrogens with zero attached hydrogens (tertiary/aromatic N) is 3. The molecule has 0 unspecified atom stereocenters. The zero-order chi connectivity index (χ0) is 22.2. The van der Waals surface area contributed by atoms with Gasteiger partial charge in [0, 0.05) is 36.6 Å². The number of aryl methyl sites for hydroxylation is 2. The monoisotopic (exact) mass is 430 g/mol. The van der Waals surface area contributed by atoms with Crippen LogP contribution in [0.3, 0.4) is 0 Å². The standard InChI is InChI=1S/C24H22N4O4/c1-15-3-4-16(2)18(11-15)19-13-20-24(30)27(9-10-28(20)26-19)8-7-25-23(29)17-5-6-21-22(12-17)32-14-31-21/h3-6,9-13H,7-8,14H2,1-2H3,(H,25,29). The lowest BCUT2D eigenvalue weighted by Gasteiger charge is -2.08. The zero-order valence-corrected chi connectivity index (χ0v) is 17.8. The lowest BCUT2D eigenvalue weighted by Crippen LogP contribution is -2.31. The third-order valence-electron chi connectivity index (χ3n) is 5.55. The second-order valence-corrected chi connectivity index (χ2v) is 7.80. The number of fused-ring (bicyclic) bond motifs is 2. The summed E-state index contributed by atoms with van der Waals surface area (Å²) in [5.41, 5.74) is 4.82. The van der Waals surface area contributed by atoms with Crippen molar-refractivity contribution in [3.05, 3.63) is 81.9 Å². The van der Waals surface area contributed by atoms with Crippen LogP contribution >= 0.6 is 0 Å². The molecule has 32 heavy (non-hydrogen) atoms. The van der Waals surface area contributed by atoms with Crippen molar-refractivity contribution in [1.29, 1.82) is 0 Å².